The number of benzene rings is 11. The molecular formula is C76H62N4. The first-order valence-corrected chi connectivity index (χ1v) is 28.3. The van der Waals surface area contributed by atoms with Crippen LogP contribution in [0.4, 0.5) is 34.1 Å². The van der Waals surface area contributed by atoms with Gasteiger partial charge in [-0.2, -0.15) is 0 Å². The molecule has 0 aliphatic rings. The lowest BCUT2D eigenvalue weighted by molar-refractivity contribution is 0.590. The summed E-state index contributed by atoms with van der Waals surface area (Å²) in [6.07, 6.45) is 0. The quantitative estimate of drug-likeness (QED) is 0.151. The molecule has 0 amide bonds. The highest BCUT2D eigenvalue weighted by atomic mass is 15.2. The van der Waals surface area contributed by atoms with E-state index in [1.54, 1.807) is 0 Å². The number of hydrogen-bond acceptors (Lipinski definition) is 2. The van der Waals surface area contributed by atoms with E-state index >= 15 is 0 Å². The normalized spacial score (nSPS) is 12.5. The SMILES string of the molecule is Cc1cccc(N(c2ccccc2-c2ccc(C(C)(C)C)cc2)c2ccc3c4cc5c(cc4n4c6ccccc6c2c34)c2ccc(N(c3cccc(C)c3)c3ccccc3-c3ccc(C(C)(C)C)cc3)c3c4ccccc4n5c23)c1. The van der Waals surface area contributed by atoms with Gasteiger partial charge in [-0.15, -0.1) is 0 Å². The molecule has 80 heavy (non-hydrogen) atoms. The lowest BCUT2D eigenvalue weighted by Gasteiger charge is -2.29. The second-order valence-electron chi connectivity index (χ2n) is 24.3. The van der Waals surface area contributed by atoms with Crippen molar-refractivity contribution in [3.63, 3.8) is 0 Å². The first-order chi connectivity index (χ1) is 38.8. The summed E-state index contributed by atoms with van der Waals surface area (Å²) in [6.45, 7) is 18.1. The summed E-state index contributed by atoms with van der Waals surface area (Å²) in [4.78, 5) is 5.02. The molecule has 0 atom stereocenters. The topological polar surface area (TPSA) is 15.3 Å². The van der Waals surface area contributed by atoms with Crippen LogP contribution in [0, 0.1) is 13.8 Å². The highest BCUT2D eigenvalue weighted by Crippen LogP contribution is 2.53. The summed E-state index contributed by atoms with van der Waals surface area (Å²) >= 11 is 0. The molecule has 4 heteroatoms. The monoisotopic (exact) mass is 1030 g/mol. The van der Waals surface area contributed by atoms with Crippen LogP contribution in [0.15, 0.2) is 231 Å². The number of para-hydroxylation sites is 4. The maximum Gasteiger partial charge on any atom is 0.0641 e. The third kappa shape index (κ3) is 7.21. The van der Waals surface area contributed by atoms with Gasteiger partial charge in [-0.1, -0.05) is 199 Å². The molecule has 0 aliphatic carbocycles. The summed E-state index contributed by atoms with van der Waals surface area (Å²) < 4.78 is 5.12. The first-order valence-electron chi connectivity index (χ1n) is 28.3. The highest BCUT2D eigenvalue weighted by Gasteiger charge is 2.30. The Kier molecular flexibility index (Phi) is 10.5. The van der Waals surface area contributed by atoms with Gasteiger partial charge >= 0.3 is 0 Å². The number of aryl methyl sites for hydroxylation is 2. The zero-order chi connectivity index (χ0) is 54.3. The molecule has 0 N–H and O–H groups in total. The molecule has 0 radical (unpaired) electrons. The summed E-state index contributed by atoms with van der Waals surface area (Å²) in [7, 11) is 0. The van der Waals surface area contributed by atoms with E-state index in [1.165, 1.54) is 121 Å². The van der Waals surface area contributed by atoms with Gasteiger partial charge in [0.1, 0.15) is 0 Å². The summed E-state index contributed by atoms with van der Waals surface area (Å²) in [5.41, 5.74) is 24.1. The lowest BCUT2D eigenvalue weighted by Crippen LogP contribution is -2.12. The smallest absolute Gasteiger partial charge is 0.0641 e. The maximum absolute atomic E-state index is 2.56. The van der Waals surface area contributed by atoms with Crippen LogP contribution in [-0.4, -0.2) is 8.80 Å². The van der Waals surface area contributed by atoms with Crippen molar-refractivity contribution in [3.8, 4) is 22.3 Å². The molecular weight excluding hydrogens is 969 g/mol. The van der Waals surface area contributed by atoms with Crippen molar-refractivity contribution in [1.29, 1.82) is 0 Å². The predicted molar refractivity (Wildman–Crippen MR) is 343 cm³/mol. The van der Waals surface area contributed by atoms with Crippen molar-refractivity contribution < 1.29 is 0 Å². The van der Waals surface area contributed by atoms with Gasteiger partial charge in [0.15, 0.2) is 0 Å². The van der Waals surface area contributed by atoms with Gasteiger partial charge < -0.3 is 18.6 Å². The van der Waals surface area contributed by atoms with Crippen molar-refractivity contribution in [2.24, 2.45) is 0 Å². The van der Waals surface area contributed by atoms with Gasteiger partial charge in [0.2, 0.25) is 0 Å². The number of hydrogen-bond donors (Lipinski definition) is 0. The minimum Gasteiger partial charge on any atom is -0.309 e. The van der Waals surface area contributed by atoms with Crippen molar-refractivity contribution in [2.75, 3.05) is 9.80 Å². The maximum atomic E-state index is 2.56. The molecule has 386 valence electrons. The Balaban J connectivity index is 0.977. The number of anilines is 6. The standard InChI is InChI=1S/C76H62N4/c1-47-19-17-21-53(43-47)77(63-27-13-9-23-55(63)49-31-35-51(36-32-49)75(3,4)5)67-41-39-57-61-45-70-62(46-69(61)79-65-29-15-11-25-59(65)71(67)73(57)79)58-40-42-68(72-60-26-12-16-30-66(60)80(70)74(58)72)78(54-22-18-20-48(2)44-54)64-28-14-10-24-56(64)50-33-37-52(38-34-50)76(6,7)8/h9-46H,1-8H3. The van der Waals surface area contributed by atoms with Gasteiger partial charge in [0.05, 0.1) is 55.8 Å². The highest BCUT2D eigenvalue weighted by molar-refractivity contribution is 6.32. The molecule has 0 aliphatic heterocycles. The molecule has 0 saturated heterocycles. The van der Waals surface area contributed by atoms with E-state index in [4.69, 9.17) is 0 Å². The van der Waals surface area contributed by atoms with Gasteiger partial charge in [0.25, 0.3) is 0 Å². The van der Waals surface area contributed by atoms with Crippen LogP contribution in [0.2, 0.25) is 0 Å². The molecule has 15 rings (SSSR count). The van der Waals surface area contributed by atoms with Crippen LogP contribution in [0.1, 0.15) is 63.8 Å². The first kappa shape index (κ1) is 47.8. The third-order valence-corrected chi connectivity index (χ3v) is 17.2. The minimum absolute atomic E-state index is 0.0592. The summed E-state index contributed by atoms with van der Waals surface area (Å²) in [5, 5.41) is 9.94. The van der Waals surface area contributed by atoms with E-state index in [-0.39, 0.29) is 10.8 Å². The molecule has 4 heterocycles. The molecule has 15 aromatic rings. The van der Waals surface area contributed by atoms with Crippen LogP contribution in [-0.2, 0) is 10.8 Å². The Bertz CT molecular complexity index is 4610. The Labute approximate surface area is 467 Å². The molecule has 0 saturated carbocycles. The fraction of sp³-hybridized carbons (Fsp3) is 0.132. The van der Waals surface area contributed by atoms with Crippen molar-refractivity contribution >= 4 is 110 Å². The van der Waals surface area contributed by atoms with Crippen LogP contribution in [0.3, 0.4) is 0 Å². The van der Waals surface area contributed by atoms with Crippen LogP contribution >= 0.6 is 0 Å². The number of fused-ring (bicyclic) bond motifs is 12. The number of rotatable bonds is 8. The van der Waals surface area contributed by atoms with Gasteiger partial charge in [0, 0.05) is 65.6 Å². The second-order valence-corrected chi connectivity index (χ2v) is 24.3. The van der Waals surface area contributed by atoms with Gasteiger partial charge in [-0.05, 0) is 131 Å². The molecule has 11 aromatic carbocycles. The van der Waals surface area contributed by atoms with E-state index < -0.39 is 0 Å². The molecule has 0 spiro atoms. The average Bonchev–Trinajstić information content (AvgIpc) is 4.26. The molecule has 4 nitrogen and oxygen atoms in total. The summed E-state index contributed by atoms with van der Waals surface area (Å²) in [6, 6.07) is 86.9. The Morgan fingerprint density at radius 1 is 0.300 bits per heavy atom. The molecule has 0 unspecified atom stereocenters. The van der Waals surface area contributed by atoms with E-state index in [9.17, 15) is 0 Å². The van der Waals surface area contributed by atoms with Crippen molar-refractivity contribution in [2.45, 2.75) is 66.2 Å². The summed E-state index contributed by atoms with van der Waals surface area (Å²) in [5.74, 6) is 0. The zero-order valence-corrected chi connectivity index (χ0v) is 46.7. The molecule has 0 fully saturated rings. The predicted octanol–water partition coefficient (Wildman–Crippen LogP) is 21.5. The average molecular weight is 1030 g/mol. The van der Waals surface area contributed by atoms with Crippen molar-refractivity contribution in [1.82, 2.24) is 8.80 Å². The van der Waals surface area contributed by atoms with E-state index in [0.717, 1.165) is 34.1 Å². The zero-order valence-electron chi connectivity index (χ0n) is 46.7. The lowest BCUT2D eigenvalue weighted by atomic mass is 9.86. The van der Waals surface area contributed by atoms with Crippen LogP contribution in [0.25, 0.3) is 98.4 Å². The fourth-order valence-corrected chi connectivity index (χ4v) is 13.3. The Morgan fingerprint density at radius 3 is 1.09 bits per heavy atom. The number of nitrogens with zero attached hydrogens (tertiary/aromatic N) is 4. The number of aromatic nitrogens is 2. The van der Waals surface area contributed by atoms with Gasteiger partial charge in [-0.3, -0.25) is 0 Å². The van der Waals surface area contributed by atoms with E-state index in [0.29, 0.717) is 0 Å². The largest absolute Gasteiger partial charge is 0.309 e. The van der Waals surface area contributed by atoms with E-state index in [1.807, 2.05) is 0 Å². The second kappa shape index (κ2) is 17.6. The molecule has 0 bridgehead atoms. The van der Waals surface area contributed by atoms with E-state index in [2.05, 4.69) is 305 Å². The van der Waals surface area contributed by atoms with Crippen LogP contribution < -0.4 is 9.80 Å². The van der Waals surface area contributed by atoms with Crippen LogP contribution in [0.5, 0.6) is 0 Å². The third-order valence-electron chi connectivity index (χ3n) is 17.2. The van der Waals surface area contributed by atoms with Crippen molar-refractivity contribution in [3.05, 3.63) is 253 Å². The molecule has 4 aromatic heterocycles. The minimum atomic E-state index is 0.0592. The Hall–Kier alpha value is -9.38. The Morgan fingerprint density at radius 2 is 0.688 bits per heavy atom. The fourth-order valence-electron chi connectivity index (χ4n) is 13.3. The van der Waals surface area contributed by atoms with Gasteiger partial charge in [-0.25, -0.2) is 0 Å².